The maximum Gasteiger partial charge on any atom is 0.0236 e. The van der Waals surface area contributed by atoms with Gasteiger partial charge in [0.25, 0.3) is 0 Å². The highest BCUT2D eigenvalue weighted by Gasteiger charge is 2.04. The smallest absolute Gasteiger partial charge is 0.0236 e. The molecule has 0 unspecified atom stereocenters. The Morgan fingerprint density at radius 1 is 1.12 bits per heavy atom. The van der Waals surface area contributed by atoms with Gasteiger partial charge in [0, 0.05) is 6.54 Å². The lowest BCUT2D eigenvalue weighted by Crippen LogP contribution is -2.24. The van der Waals surface area contributed by atoms with Gasteiger partial charge in [0.05, 0.1) is 0 Å². The van der Waals surface area contributed by atoms with Crippen LogP contribution in [0.15, 0.2) is 24.3 Å². The maximum absolute atomic E-state index is 5.51. The minimum absolute atomic E-state index is 0.823. The van der Waals surface area contributed by atoms with Gasteiger partial charge in [0.2, 0.25) is 0 Å². The van der Waals surface area contributed by atoms with Crippen LogP contribution in [-0.2, 0) is 6.54 Å². The van der Waals surface area contributed by atoms with E-state index in [0.29, 0.717) is 0 Å². The normalized spacial score (nSPS) is 11.1. The number of nitrogens with two attached hydrogens (primary N) is 1. The summed E-state index contributed by atoms with van der Waals surface area (Å²) in [5.74, 6) is 0. The standard InChI is InChI=1S/C15H26N2/c1-3-17(12-8-4-7-11-16)13-15-10-6-5-9-14(15)2/h5-6,9-10H,3-4,7-8,11-13,16H2,1-2H3. The Kier molecular flexibility index (Phi) is 6.90. The monoisotopic (exact) mass is 234 g/mol. The minimum atomic E-state index is 0.823. The second kappa shape index (κ2) is 8.26. The third-order valence-corrected chi connectivity index (χ3v) is 3.28. The lowest BCUT2D eigenvalue weighted by atomic mass is 10.1. The van der Waals surface area contributed by atoms with E-state index in [9.17, 15) is 0 Å². The second-order valence-electron chi connectivity index (χ2n) is 4.64. The van der Waals surface area contributed by atoms with Crippen molar-refractivity contribution in [3.63, 3.8) is 0 Å². The molecule has 2 nitrogen and oxygen atoms in total. The van der Waals surface area contributed by atoms with Crippen LogP contribution in [0.1, 0.15) is 37.3 Å². The molecule has 0 aliphatic carbocycles. The quantitative estimate of drug-likeness (QED) is 0.701. The van der Waals surface area contributed by atoms with Gasteiger partial charge in [0.1, 0.15) is 0 Å². The van der Waals surface area contributed by atoms with Crippen molar-refractivity contribution in [2.75, 3.05) is 19.6 Å². The summed E-state index contributed by atoms with van der Waals surface area (Å²) in [7, 11) is 0. The molecule has 17 heavy (non-hydrogen) atoms. The summed E-state index contributed by atoms with van der Waals surface area (Å²) in [6, 6.07) is 8.66. The molecule has 0 saturated heterocycles. The van der Waals surface area contributed by atoms with Gasteiger partial charge in [0.15, 0.2) is 0 Å². The lowest BCUT2D eigenvalue weighted by Gasteiger charge is -2.21. The van der Waals surface area contributed by atoms with Crippen molar-refractivity contribution in [1.29, 1.82) is 0 Å². The summed E-state index contributed by atoms with van der Waals surface area (Å²) in [5, 5.41) is 0. The van der Waals surface area contributed by atoms with Gasteiger partial charge in [-0.15, -0.1) is 0 Å². The average Bonchev–Trinajstić information content (AvgIpc) is 2.35. The highest BCUT2D eigenvalue weighted by Crippen LogP contribution is 2.11. The number of nitrogens with zero attached hydrogens (tertiary/aromatic N) is 1. The van der Waals surface area contributed by atoms with E-state index in [0.717, 1.165) is 26.1 Å². The first-order chi connectivity index (χ1) is 8.27. The third kappa shape index (κ3) is 5.33. The summed E-state index contributed by atoms with van der Waals surface area (Å²) in [4.78, 5) is 2.51. The molecule has 0 bridgehead atoms. The zero-order chi connectivity index (χ0) is 12.5. The van der Waals surface area contributed by atoms with Crippen LogP contribution in [0, 0.1) is 6.92 Å². The first-order valence-corrected chi connectivity index (χ1v) is 6.74. The van der Waals surface area contributed by atoms with Crippen LogP contribution >= 0.6 is 0 Å². The summed E-state index contributed by atoms with van der Waals surface area (Å²) in [5.41, 5.74) is 8.36. The molecular formula is C15H26N2. The van der Waals surface area contributed by atoms with E-state index in [4.69, 9.17) is 5.73 Å². The summed E-state index contributed by atoms with van der Waals surface area (Å²) >= 11 is 0. The van der Waals surface area contributed by atoms with Crippen molar-refractivity contribution in [2.45, 2.75) is 39.7 Å². The number of hydrogen-bond donors (Lipinski definition) is 1. The predicted molar refractivity (Wildman–Crippen MR) is 75.0 cm³/mol. The molecule has 1 rings (SSSR count). The summed E-state index contributed by atoms with van der Waals surface area (Å²) < 4.78 is 0. The number of unbranched alkanes of at least 4 members (excludes halogenated alkanes) is 2. The van der Waals surface area contributed by atoms with Crippen LogP contribution in [0.25, 0.3) is 0 Å². The van der Waals surface area contributed by atoms with Crippen molar-refractivity contribution in [3.8, 4) is 0 Å². The van der Waals surface area contributed by atoms with E-state index in [1.54, 1.807) is 0 Å². The average molecular weight is 234 g/mol. The predicted octanol–water partition coefficient (Wildman–Crippen LogP) is 2.95. The molecule has 2 N–H and O–H groups in total. The Labute approximate surface area is 106 Å². The van der Waals surface area contributed by atoms with Gasteiger partial charge in [-0.25, -0.2) is 0 Å². The zero-order valence-corrected chi connectivity index (χ0v) is 11.3. The van der Waals surface area contributed by atoms with Gasteiger partial charge in [-0.05, 0) is 50.5 Å². The molecule has 0 spiro atoms. The molecule has 1 aromatic rings. The fourth-order valence-corrected chi connectivity index (χ4v) is 2.03. The number of aryl methyl sites for hydroxylation is 1. The van der Waals surface area contributed by atoms with Crippen LogP contribution in [-0.4, -0.2) is 24.5 Å². The zero-order valence-electron chi connectivity index (χ0n) is 11.3. The van der Waals surface area contributed by atoms with Crippen molar-refractivity contribution < 1.29 is 0 Å². The molecule has 0 aliphatic heterocycles. The number of benzene rings is 1. The molecule has 1 aromatic carbocycles. The SMILES string of the molecule is CCN(CCCCCN)Cc1ccccc1C. The maximum atomic E-state index is 5.51. The van der Waals surface area contributed by atoms with Gasteiger partial charge >= 0.3 is 0 Å². The Morgan fingerprint density at radius 3 is 2.53 bits per heavy atom. The Morgan fingerprint density at radius 2 is 1.88 bits per heavy atom. The van der Waals surface area contributed by atoms with E-state index >= 15 is 0 Å². The molecular weight excluding hydrogens is 208 g/mol. The van der Waals surface area contributed by atoms with Gasteiger partial charge in [-0.2, -0.15) is 0 Å². The fraction of sp³-hybridized carbons (Fsp3) is 0.600. The summed E-state index contributed by atoms with van der Waals surface area (Å²) in [6.07, 6.45) is 3.67. The molecule has 0 fully saturated rings. The fourth-order valence-electron chi connectivity index (χ4n) is 2.03. The van der Waals surface area contributed by atoms with E-state index in [-0.39, 0.29) is 0 Å². The Bertz CT molecular complexity index is 310. The molecule has 0 atom stereocenters. The van der Waals surface area contributed by atoms with Crippen molar-refractivity contribution in [3.05, 3.63) is 35.4 Å². The molecule has 0 aliphatic rings. The first-order valence-electron chi connectivity index (χ1n) is 6.74. The second-order valence-corrected chi connectivity index (χ2v) is 4.64. The molecule has 0 saturated carbocycles. The van der Waals surface area contributed by atoms with Crippen LogP contribution in [0.2, 0.25) is 0 Å². The van der Waals surface area contributed by atoms with Crippen molar-refractivity contribution in [2.24, 2.45) is 5.73 Å². The number of hydrogen-bond acceptors (Lipinski definition) is 2. The van der Waals surface area contributed by atoms with Gasteiger partial charge in [-0.3, -0.25) is 4.90 Å². The topological polar surface area (TPSA) is 29.3 Å². The summed E-state index contributed by atoms with van der Waals surface area (Å²) in [6.45, 7) is 8.64. The molecule has 0 amide bonds. The van der Waals surface area contributed by atoms with Crippen molar-refractivity contribution >= 4 is 0 Å². The Balaban J connectivity index is 2.38. The molecule has 2 heteroatoms. The molecule has 96 valence electrons. The van der Waals surface area contributed by atoms with Crippen LogP contribution < -0.4 is 5.73 Å². The molecule has 0 aromatic heterocycles. The highest BCUT2D eigenvalue weighted by molar-refractivity contribution is 5.25. The van der Waals surface area contributed by atoms with Crippen LogP contribution in [0.5, 0.6) is 0 Å². The number of rotatable bonds is 8. The molecule has 0 radical (unpaired) electrons. The van der Waals surface area contributed by atoms with Crippen LogP contribution in [0.4, 0.5) is 0 Å². The van der Waals surface area contributed by atoms with Gasteiger partial charge < -0.3 is 5.73 Å². The largest absolute Gasteiger partial charge is 0.330 e. The lowest BCUT2D eigenvalue weighted by molar-refractivity contribution is 0.272. The van der Waals surface area contributed by atoms with Crippen LogP contribution in [0.3, 0.4) is 0 Å². The van der Waals surface area contributed by atoms with E-state index in [2.05, 4.69) is 43.0 Å². The first kappa shape index (κ1) is 14.2. The highest BCUT2D eigenvalue weighted by atomic mass is 15.1. The van der Waals surface area contributed by atoms with E-state index in [1.807, 2.05) is 0 Å². The van der Waals surface area contributed by atoms with E-state index < -0.39 is 0 Å². The third-order valence-electron chi connectivity index (χ3n) is 3.28. The van der Waals surface area contributed by atoms with Gasteiger partial charge in [-0.1, -0.05) is 37.6 Å². The van der Waals surface area contributed by atoms with Crippen molar-refractivity contribution in [1.82, 2.24) is 4.90 Å². The van der Waals surface area contributed by atoms with E-state index in [1.165, 1.54) is 30.5 Å². The molecule has 0 heterocycles. The Hall–Kier alpha value is -0.860. The minimum Gasteiger partial charge on any atom is -0.330 e.